The Bertz CT molecular complexity index is 281. The third-order valence-corrected chi connectivity index (χ3v) is 2.34. The van der Waals surface area contributed by atoms with Gasteiger partial charge in [-0.3, -0.25) is 0 Å². The molecule has 0 saturated carbocycles. The molecule has 1 aromatic rings. The highest BCUT2D eigenvalue weighted by Crippen LogP contribution is 2.16. The van der Waals surface area contributed by atoms with Gasteiger partial charge in [0, 0.05) is 18.3 Å². The number of nitrogens with zero attached hydrogens (tertiary/aromatic N) is 1. The van der Waals surface area contributed by atoms with E-state index >= 15 is 0 Å². The van der Waals surface area contributed by atoms with E-state index in [1.807, 2.05) is 0 Å². The van der Waals surface area contributed by atoms with E-state index in [1.165, 1.54) is 0 Å². The summed E-state index contributed by atoms with van der Waals surface area (Å²) >= 11 is 5.77. The van der Waals surface area contributed by atoms with Gasteiger partial charge in [-0.05, 0) is 12.0 Å². The molecule has 0 spiro atoms. The summed E-state index contributed by atoms with van der Waals surface area (Å²) in [7, 11) is 0. The van der Waals surface area contributed by atoms with Crippen molar-refractivity contribution in [3.05, 3.63) is 17.3 Å². The summed E-state index contributed by atoms with van der Waals surface area (Å²) in [5, 5.41) is 3.63. The van der Waals surface area contributed by atoms with E-state index in [1.54, 1.807) is 12.1 Å². The molecule has 0 aromatic carbocycles. The summed E-state index contributed by atoms with van der Waals surface area (Å²) in [5.41, 5.74) is 6.27. The molecule has 78 valence electrons. The lowest BCUT2D eigenvalue weighted by molar-refractivity contribution is 0.592. The van der Waals surface area contributed by atoms with Gasteiger partial charge in [0.1, 0.15) is 11.0 Å². The van der Waals surface area contributed by atoms with Crippen molar-refractivity contribution in [2.75, 3.05) is 17.6 Å². The van der Waals surface area contributed by atoms with Crippen LogP contribution in [0.1, 0.15) is 20.3 Å². The van der Waals surface area contributed by atoms with E-state index in [2.05, 4.69) is 24.1 Å². The zero-order valence-electron chi connectivity index (χ0n) is 8.55. The number of nitrogens with one attached hydrogen (secondary N) is 1. The van der Waals surface area contributed by atoms with Crippen molar-refractivity contribution >= 4 is 23.1 Å². The van der Waals surface area contributed by atoms with Crippen molar-refractivity contribution in [2.45, 2.75) is 20.3 Å². The Labute approximate surface area is 89.7 Å². The van der Waals surface area contributed by atoms with Crippen LogP contribution in [0, 0.1) is 5.92 Å². The van der Waals surface area contributed by atoms with Gasteiger partial charge in [0.25, 0.3) is 0 Å². The summed E-state index contributed by atoms with van der Waals surface area (Å²) in [6.45, 7) is 5.23. The fourth-order valence-electron chi connectivity index (χ4n) is 1.03. The highest BCUT2D eigenvalue weighted by atomic mass is 35.5. The number of aromatic nitrogens is 1. The van der Waals surface area contributed by atoms with Gasteiger partial charge in [0.2, 0.25) is 0 Å². The van der Waals surface area contributed by atoms with Crippen LogP contribution in [0.3, 0.4) is 0 Å². The molecule has 0 radical (unpaired) electrons. The van der Waals surface area contributed by atoms with Gasteiger partial charge in [-0.25, -0.2) is 4.98 Å². The van der Waals surface area contributed by atoms with Crippen LogP contribution in [0.5, 0.6) is 0 Å². The Morgan fingerprint density at radius 3 is 2.86 bits per heavy atom. The van der Waals surface area contributed by atoms with Crippen LogP contribution in [-0.2, 0) is 0 Å². The lowest BCUT2D eigenvalue weighted by Gasteiger charge is -2.11. The number of anilines is 2. The minimum atomic E-state index is 0.427. The van der Waals surface area contributed by atoms with Gasteiger partial charge in [0.05, 0.1) is 0 Å². The molecule has 1 aromatic heterocycles. The molecular weight excluding hydrogens is 198 g/mol. The smallest absolute Gasteiger partial charge is 0.133 e. The average Bonchev–Trinajstić information content (AvgIpc) is 2.12. The third-order valence-electron chi connectivity index (χ3n) is 2.14. The molecule has 1 atom stereocenters. The zero-order valence-corrected chi connectivity index (χ0v) is 9.30. The van der Waals surface area contributed by atoms with Crippen molar-refractivity contribution < 1.29 is 0 Å². The first-order valence-corrected chi connectivity index (χ1v) is 5.16. The molecule has 3 N–H and O–H groups in total. The fraction of sp³-hybridized carbons (Fsp3) is 0.500. The Morgan fingerprint density at radius 1 is 1.57 bits per heavy atom. The van der Waals surface area contributed by atoms with Gasteiger partial charge in [-0.2, -0.15) is 0 Å². The molecule has 0 aliphatic heterocycles. The molecule has 14 heavy (non-hydrogen) atoms. The Morgan fingerprint density at radius 2 is 2.29 bits per heavy atom. The van der Waals surface area contributed by atoms with Gasteiger partial charge in [-0.1, -0.05) is 31.9 Å². The minimum Gasteiger partial charge on any atom is -0.399 e. The van der Waals surface area contributed by atoms with E-state index < -0.39 is 0 Å². The number of hydrogen-bond donors (Lipinski definition) is 2. The Balaban J connectivity index is 2.58. The van der Waals surface area contributed by atoms with E-state index in [-0.39, 0.29) is 0 Å². The first-order valence-electron chi connectivity index (χ1n) is 4.78. The van der Waals surface area contributed by atoms with E-state index in [9.17, 15) is 0 Å². The molecule has 1 rings (SSSR count). The Hall–Kier alpha value is -0.960. The van der Waals surface area contributed by atoms with Crippen molar-refractivity contribution in [2.24, 2.45) is 5.92 Å². The van der Waals surface area contributed by atoms with Crippen LogP contribution >= 0.6 is 11.6 Å². The number of nitrogen functional groups attached to an aromatic ring is 1. The topological polar surface area (TPSA) is 50.9 Å². The maximum Gasteiger partial charge on any atom is 0.133 e. The molecule has 0 aliphatic rings. The predicted molar refractivity (Wildman–Crippen MR) is 61.6 cm³/mol. The summed E-state index contributed by atoms with van der Waals surface area (Å²) in [6, 6.07) is 3.42. The molecular formula is C10H16ClN3. The van der Waals surface area contributed by atoms with Gasteiger partial charge < -0.3 is 11.1 Å². The maximum absolute atomic E-state index is 5.77. The standard InChI is InChI=1S/C10H16ClN3/c1-3-7(2)6-13-10-5-8(12)4-9(11)14-10/h4-5,7H,3,6H2,1-2H3,(H3,12,13,14). The van der Waals surface area contributed by atoms with E-state index in [0.29, 0.717) is 16.8 Å². The molecule has 1 heterocycles. The van der Waals surface area contributed by atoms with Crippen LogP contribution in [0.4, 0.5) is 11.5 Å². The molecule has 0 bridgehead atoms. The highest BCUT2D eigenvalue weighted by Gasteiger charge is 2.01. The summed E-state index contributed by atoms with van der Waals surface area (Å²) in [5.74, 6) is 1.37. The molecule has 0 amide bonds. The SMILES string of the molecule is CCC(C)CNc1cc(N)cc(Cl)n1. The quantitative estimate of drug-likeness (QED) is 0.757. The Kier molecular flexibility index (Phi) is 4.01. The van der Waals surface area contributed by atoms with Gasteiger partial charge in [0.15, 0.2) is 0 Å². The summed E-state index contributed by atoms with van der Waals surface area (Å²) < 4.78 is 0. The van der Waals surface area contributed by atoms with Gasteiger partial charge >= 0.3 is 0 Å². The second-order valence-electron chi connectivity index (χ2n) is 3.50. The molecule has 4 heteroatoms. The first-order chi connectivity index (χ1) is 6.61. The summed E-state index contributed by atoms with van der Waals surface area (Å²) in [4.78, 5) is 4.11. The summed E-state index contributed by atoms with van der Waals surface area (Å²) in [6.07, 6.45) is 1.14. The monoisotopic (exact) mass is 213 g/mol. The van der Waals surface area contributed by atoms with E-state index in [4.69, 9.17) is 17.3 Å². The van der Waals surface area contributed by atoms with Crippen LogP contribution in [0.2, 0.25) is 5.15 Å². The molecule has 0 fully saturated rings. The first kappa shape index (κ1) is 11.1. The number of rotatable bonds is 4. The van der Waals surface area contributed by atoms with Crippen molar-refractivity contribution in [3.63, 3.8) is 0 Å². The van der Waals surface area contributed by atoms with Crippen LogP contribution < -0.4 is 11.1 Å². The number of halogens is 1. The second-order valence-corrected chi connectivity index (χ2v) is 3.89. The second kappa shape index (κ2) is 5.05. The van der Waals surface area contributed by atoms with Crippen molar-refractivity contribution in [1.29, 1.82) is 0 Å². The molecule has 1 unspecified atom stereocenters. The zero-order chi connectivity index (χ0) is 10.6. The number of pyridine rings is 1. The van der Waals surface area contributed by atoms with Crippen LogP contribution in [-0.4, -0.2) is 11.5 Å². The average molecular weight is 214 g/mol. The van der Waals surface area contributed by atoms with Gasteiger partial charge in [-0.15, -0.1) is 0 Å². The predicted octanol–water partition coefficient (Wildman–Crippen LogP) is 2.78. The maximum atomic E-state index is 5.77. The number of hydrogen-bond acceptors (Lipinski definition) is 3. The molecule has 0 saturated heterocycles. The van der Waals surface area contributed by atoms with E-state index in [0.717, 1.165) is 18.8 Å². The largest absolute Gasteiger partial charge is 0.399 e. The normalized spacial score (nSPS) is 12.5. The van der Waals surface area contributed by atoms with Crippen LogP contribution in [0.15, 0.2) is 12.1 Å². The van der Waals surface area contributed by atoms with Crippen molar-refractivity contribution in [1.82, 2.24) is 4.98 Å². The minimum absolute atomic E-state index is 0.427. The third kappa shape index (κ3) is 3.42. The lowest BCUT2D eigenvalue weighted by Crippen LogP contribution is -2.11. The lowest BCUT2D eigenvalue weighted by atomic mass is 10.1. The molecule has 0 aliphatic carbocycles. The fourth-order valence-corrected chi connectivity index (χ4v) is 1.25. The van der Waals surface area contributed by atoms with Crippen LogP contribution in [0.25, 0.3) is 0 Å². The van der Waals surface area contributed by atoms with Crippen molar-refractivity contribution in [3.8, 4) is 0 Å². The highest BCUT2D eigenvalue weighted by molar-refractivity contribution is 6.29. The number of nitrogens with two attached hydrogens (primary N) is 1. The molecule has 3 nitrogen and oxygen atoms in total.